The molecule has 118 valence electrons. The number of amides is 2. The lowest BCUT2D eigenvalue weighted by atomic mass is 10.1. The van der Waals surface area contributed by atoms with E-state index in [1.54, 1.807) is 22.8 Å². The first kappa shape index (κ1) is 16.5. The second-order valence-electron chi connectivity index (χ2n) is 5.54. The Hall–Kier alpha value is -1.87. The molecule has 2 rings (SSSR count). The van der Waals surface area contributed by atoms with E-state index in [2.05, 4.69) is 6.07 Å². The van der Waals surface area contributed by atoms with E-state index < -0.39 is 0 Å². The van der Waals surface area contributed by atoms with Crippen molar-refractivity contribution in [3.63, 3.8) is 0 Å². The predicted octanol–water partition coefficient (Wildman–Crippen LogP) is 2.36. The van der Waals surface area contributed by atoms with Gasteiger partial charge in [0, 0.05) is 19.6 Å². The van der Waals surface area contributed by atoms with Crippen LogP contribution in [0.1, 0.15) is 36.4 Å². The Morgan fingerprint density at radius 1 is 1.59 bits per heavy atom. The van der Waals surface area contributed by atoms with Crippen LogP contribution in [0.3, 0.4) is 0 Å². The summed E-state index contributed by atoms with van der Waals surface area (Å²) < 4.78 is 0. The largest absolute Gasteiger partial charge is 0.340 e. The number of nitrogens with zero attached hydrogens (tertiary/aromatic N) is 3. The van der Waals surface area contributed by atoms with Gasteiger partial charge in [0.25, 0.3) is 5.91 Å². The SMILES string of the molecule is CCN(CC(C)C#N)C(=O)[C@@H]1CCCN1C(=O)c1cccs1. The highest BCUT2D eigenvalue weighted by atomic mass is 32.1. The molecule has 22 heavy (non-hydrogen) atoms. The van der Waals surface area contributed by atoms with Crippen LogP contribution in [0.25, 0.3) is 0 Å². The summed E-state index contributed by atoms with van der Waals surface area (Å²) in [6.07, 6.45) is 1.55. The van der Waals surface area contributed by atoms with Gasteiger partial charge in [0.1, 0.15) is 6.04 Å². The van der Waals surface area contributed by atoms with Crippen molar-refractivity contribution < 1.29 is 9.59 Å². The predicted molar refractivity (Wildman–Crippen MR) is 85.4 cm³/mol. The van der Waals surface area contributed by atoms with Crippen molar-refractivity contribution in [1.82, 2.24) is 9.80 Å². The number of nitriles is 1. The fourth-order valence-corrected chi connectivity index (χ4v) is 3.44. The fraction of sp³-hybridized carbons (Fsp3) is 0.562. The second-order valence-corrected chi connectivity index (χ2v) is 6.49. The Morgan fingerprint density at radius 2 is 2.36 bits per heavy atom. The normalized spacial score (nSPS) is 18.8. The average molecular weight is 319 g/mol. The molecular weight excluding hydrogens is 298 g/mol. The molecule has 1 aliphatic rings. The van der Waals surface area contributed by atoms with Crippen LogP contribution in [0.4, 0.5) is 0 Å². The third kappa shape index (κ3) is 3.47. The summed E-state index contributed by atoms with van der Waals surface area (Å²) in [5.41, 5.74) is 0. The van der Waals surface area contributed by atoms with Crippen LogP contribution in [-0.2, 0) is 4.79 Å². The highest BCUT2D eigenvalue weighted by Crippen LogP contribution is 2.24. The molecule has 2 amide bonds. The van der Waals surface area contributed by atoms with Crippen molar-refractivity contribution in [2.75, 3.05) is 19.6 Å². The summed E-state index contributed by atoms with van der Waals surface area (Å²) in [5, 5.41) is 10.8. The minimum atomic E-state index is -0.388. The van der Waals surface area contributed by atoms with Crippen molar-refractivity contribution in [1.29, 1.82) is 5.26 Å². The molecule has 1 aromatic rings. The van der Waals surface area contributed by atoms with Gasteiger partial charge in [0.05, 0.1) is 16.9 Å². The number of likely N-dealkylation sites (N-methyl/N-ethyl adjacent to an activating group) is 1. The van der Waals surface area contributed by atoms with Gasteiger partial charge in [-0.2, -0.15) is 5.26 Å². The smallest absolute Gasteiger partial charge is 0.264 e. The van der Waals surface area contributed by atoms with Crippen molar-refractivity contribution in [3.8, 4) is 6.07 Å². The Morgan fingerprint density at radius 3 is 2.95 bits per heavy atom. The monoisotopic (exact) mass is 319 g/mol. The zero-order valence-electron chi connectivity index (χ0n) is 13.0. The molecule has 5 nitrogen and oxygen atoms in total. The quantitative estimate of drug-likeness (QED) is 0.837. The summed E-state index contributed by atoms with van der Waals surface area (Å²) in [5.74, 6) is -0.297. The first-order valence-electron chi connectivity index (χ1n) is 7.61. The Balaban J connectivity index is 2.10. The highest BCUT2D eigenvalue weighted by Gasteiger charge is 2.37. The molecule has 0 aromatic carbocycles. The number of hydrogen-bond donors (Lipinski definition) is 0. The Kier molecular flexibility index (Phi) is 5.56. The van der Waals surface area contributed by atoms with Crippen molar-refractivity contribution in [2.45, 2.75) is 32.7 Å². The molecule has 0 aliphatic carbocycles. The standard InChI is InChI=1S/C16H21N3O2S/c1-3-18(11-12(2)10-17)15(20)13-6-4-8-19(13)16(21)14-7-5-9-22-14/h5,7,9,12-13H,3-4,6,8,11H2,1-2H3/t12?,13-/m0/s1. The molecule has 2 atom stereocenters. The van der Waals surface area contributed by atoms with E-state index in [-0.39, 0.29) is 23.8 Å². The molecule has 0 bridgehead atoms. The van der Waals surface area contributed by atoms with Crippen LogP contribution >= 0.6 is 11.3 Å². The number of hydrogen-bond acceptors (Lipinski definition) is 4. The molecule has 0 N–H and O–H groups in total. The maximum absolute atomic E-state index is 12.7. The maximum atomic E-state index is 12.7. The van der Waals surface area contributed by atoms with E-state index in [0.29, 0.717) is 30.9 Å². The third-order valence-electron chi connectivity index (χ3n) is 3.94. The molecule has 0 radical (unpaired) electrons. The van der Waals surface area contributed by atoms with Crippen molar-refractivity contribution in [3.05, 3.63) is 22.4 Å². The van der Waals surface area contributed by atoms with Crippen LogP contribution < -0.4 is 0 Å². The number of rotatable bonds is 5. The van der Waals surface area contributed by atoms with Gasteiger partial charge in [-0.25, -0.2) is 0 Å². The summed E-state index contributed by atoms with van der Waals surface area (Å²) in [6.45, 7) is 5.31. The molecule has 1 unspecified atom stereocenters. The van der Waals surface area contributed by atoms with E-state index in [0.717, 1.165) is 6.42 Å². The highest BCUT2D eigenvalue weighted by molar-refractivity contribution is 7.12. The van der Waals surface area contributed by atoms with E-state index in [1.165, 1.54) is 11.3 Å². The van der Waals surface area contributed by atoms with E-state index in [1.807, 2.05) is 18.4 Å². The maximum Gasteiger partial charge on any atom is 0.264 e. The molecule has 0 saturated carbocycles. The van der Waals surface area contributed by atoms with Gasteiger partial charge in [-0.15, -0.1) is 11.3 Å². The second kappa shape index (κ2) is 7.41. The zero-order valence-corrected chi connectivity index (χ0v) is 13.8. The van der Waals surface area contributed by atoms with Crippen LogP contribution in [0.2, 0.25) is 0 Å². The van der Waals surface area contributed by atoms with Gasteiger partial charge in [-0.1, -0.05) is 6.07 Å². The molecule has 1 aromatic heterocycles. The van der Waals surface area contributed by atoms with Gasteiger partial charge < -0.3 is 9.80 Å². The summed E-state index contributed by atoms with van der Waals surface area (Å²) in [7, 11) is 0. The van der Waals surface area contributed by atoms with Gasteiger partial charge >= 0.3 is 0 Å². The molecular formula is C16H21N3O2S. The summed E-state index contributed by atoms with van der Waals surface area (Å²) in [6, 6.07) is 5.41. The first-order valence-corrected chi connectivity index (χ1v) is 8.49. The number of carbonyl (C=O) groups is 2. The average Bonchev–Trinajstić information content (AvgIpc) is 3.21. The number of carbonyl (C=O) groups excluding carboxylic acids is 2. The lowest BCUT2D eigenvalue weighted by molar-refractivity contribution is -0.135. The van der Waals surface area contributed by atoms with E-state index in [9.17, 15) is 9.59 Å². The number of thiophene rings is 1. The lowest BCUT2D eigenvalue weighted by Crippen LogP contribution is -2.48. The van der Waals surface area contributed by atoms with E-state index >= 15 is 0 Å². The van der Waals surface area contributed by atoms with Crippen LogP contribution in [0.5, 0.6) is 0 Å². The minimum Gasteiger partial charge on any atom is -0.340 e. The molecule has 1 aliphatic heterocycles. The minimum absolute atomic E-state index is 0.0352. The molecule has 2 heterocycles. The van der Waals surface area contributed by atoms with E-state index in [4.69, 9.17) is 5.26 Å². The van der Waals surface area contributed by atoms with Gasteiger partial charge in [-0.3, -0.25) is 9.59 Å². The molecule has 6 heteroatoms. The molecule has 0 spiro atoms. The lowest BCUT2D eigenvalue weighted by Gasteiger charge is -2.30. The summed E-state index contributed by atoms with van der Waals surface area (Å²) >= 11 is 1.40. The van der Waals surface area contributed by atoms with Crippen LogP contribution in [0, 0.1) is 17.2 Å². The van der Waals surface area contributed by atoms with Crippen LogP contribution in [0.15, 0.2) is 17.5 Å². The van der Waals surface area contributed by atoms with Gasteiger partial charge in [0.15, 0.2) is 0 Å². The van der Waals surface area contributed by atoms with Crippen molar-refractivity contribution in [2.24, 2.45) is 5.92 Å². The first-order chi connectivity index (χ1) is 10.6. The third-order valence-corrected chi connectivity index (χ3v) is 4.80. The topological polar surface area (TPSA) is 64.4 Å². The molecule has 1 fully saturated rings. The Bertz CT molecular complexity index is 564. The number of likely N-dealkylation sites (tertiary alicyclic amines) is 1. The van der Waals surface area contributed by atoms with Gasteiger partial charge in [-0.05, 0) is 38.1 Å². The van der Waals surface area contributed by atoms with Gasteiger partial charge in [0.2, 0.25) is 5.91 Å². The fourth-order valence-electron chi connectivity index (χ4n) is 2.77. The summed E-state index contributed by atoms with van der Waals surface area (Å²) in [4.78, 5) is 29.3. The zero-order chi connectivity index (χ0) is 16.1. The van der Waals surface area contributed by atoms with Crippen LogP contribution in [-0.4, -0.2) is 47.3 Å². The van der Waals surface area contributed by atoms with Crippen molar-refractivity contribution >= 4 is 23.2 Å². The molecule has 1 saturated heterocycles. The Labute approximate surface area is 135 Å².